The zero-order chi connectivity index (χ0) is 7.94. The number of thiol groups is 1. The Hall–Kier alpha value is -0.0200. The predicted octanol–water partition coefficient (Wildman–Crippen LogP) is 2.79. The molecule has 0 amide bonds. The molecule has 0 atom stereocenters. The Morgan fingerprint density at radius 2 is 2.27 bits per heavy atom. The number of nitrogens with zero attached hydrogens (tertiary/aromatic N) is 1. The van der Waals surface area contributed by atoms with Crippen LogP contribution in [-0.2, 0) is 6.42 Å². The Balaban J connectivity index is 2.04. The maximum Gasteiger partial charge on any atom is 0.0924 e. The van der Waals surface area contributed by atoms with Crippen LogP contribution in [0.3, 0.4) is 0 Å². The van der Waals surface area contributed by atoms with Crippen LogP contribution < -0.4 is 0 Å². The maximum absolute atomic E-state index is 4.21. The molecule has 0 fully saturated rings. The lowest BCUT2D eigenvalue weighted by Gasteiger charge is -1.94. The molecule has 0 saturated heterocycles. The average molecular weight is 187 g/mol. The van der Waals surface area contributed by atoms with Crippen LogP contribution in [0.2, 0.25) is 0 Å². The molecule has 1 aromatic heterocycles. The van der Waals surface area contributed by atoms with Crippen molar-refractivity contribution >= 4 is 24.0 Å². The average Bonchev–Trinajstić information content (AvgIpc) is 2.50. The van der Waals surface area contributed by atoms with Crippen molar-refractivity contribution < 1.29 is 0 Å². The van der Waals surface area contributed by atoms with Crippen LogP contribution in [0.4, 0.5) is 0 Å². The highest BCUT2D eigenvalue weighted by molar-refractivity contribution is 7.80. The van der Waals surface area contributed by atoms with Crippen molar-refractivity contribution in [3.63, 3.8) is 0 Å². The fourth-order valence-electron chi connectivity index (χ4n) is 0.941. The van der Waals surface area contributed by atoms with Crippen molar-refractivity contribution in [2.75, 3.05) is 5.75 Å². The molecule has 0 unspecified atom stereocenters. The first-order valence-corrected chi connectivity index (χ1v) is 5.44. The lowest BCUT2D eigenvalue weighted by atomic mass is 10.2. The maximum atomic E-state index is 4.21. The zero-order valence-corrected chi connectivity index (χ0v) is 8.20. The molecule has 1 aromatic rings. The van der Waals surface area contributed by atoms with Gasteiger partial charge < -0.3 is 0 Å². The van der Waals surface area contributed by atoms with Crippen LogP contribution in [0.15, 0.2) is 11.6 Å². The number of rotatable bonds is 5. The van der Waals surface area contributed by atoms with E-state index < -0.39 is 0 Å². The van der Waals surface area contributed by atoms with E-state index >= 15 is 0 Å². The molecular weight excluding hydrogens is 174 g/mol. The van der Waals surface area contributed by atoms with Crippen molar-refractivity contribution in [1.82, 2.24) is 4.98 Å². The van der Waals surface area contributed by atoms with Crippen molar-refractivity contribution in [3.8, 4) is 0 Å². The summed E-state index contributed by atoms with van der Waals surface area (Å²) in [5.41, 5.74) is 0. The third kappa shape index (κ3) is 3.77. The molecule has 0 spiro atoms. The second-order valence-corrected chi connectivity index (χ2v) is 3.89. The summed E-state index contributed by atoms with van der Waals surface area (Å²) in [6, 6.07) is 0. The topological polar surface area (TPSA) is 12.9 Å². The SMILES string of the molecule is SCCCCCc1nccs1. The van der Waals surface area contributed by atoms with E-state index in [0.717, 1.165) is 12.2 Å². The first-order chi connectivity index (χ1) is 5.43. The first kappa shape index (κ1) is 9.07. The zero-order valence-electron chi connectivity index (χ0n) is 6.49. The summed E-state index contributed by atoms with van der Waals surface area (Å²) in [6.45, 7) is 0. The largest absolute Gasteiger partial charge is 0.250 e. The second-order valence-electron chi connectivity index (χ2n) is 2.46. The van der Waals surface area contributed by atoms with Gasteiger partial charge in [-0.15, -0.1) is 11.3 Å². The Morgan fingerprint density at radius 1 is 1.36 bits per heavy atom. The minimum absolute atomic E-state index is 1.01. The van der Waals surface area contributed by atoms with E-state index in [0.29, 0.717) is 0 Å². The highest BCUT2D eigenvalue weighted by atomic mass is 32.1. The summed E-state index contributed by atoms with van der Waals surface area (Å²) >= 11 is 5.91. The number of thiazole rings is 1. The van der Waals surface area contributed by atoms with E-state index in [4.69, 9.17) is 0 Å². The molecular formula is C8H13NS2. The van der Waals surface area contributed by atoms with Crippen molar-refractivity contribution in [2.45, 2.75) is 25.7 Å². The Morgan fingerprint density at radius 3 is 2.91 bits per heavy atom. The third-order valence-corrected chi connectivity index (χ3v) is 2.69. The summed E-state index contributed by atoms with van der Waals surface area (Å²) in [4.78, 5) is 4.21. The van der Waals surface area contributed by atoms with Crippen LogP contribution in [0.5, 0.6) is 0 Å². The molecule has 62 valence electrons. The molecule has 1 rings (SSSR count). The molecule has 1 nitrogen and oxygen atoms in total. The fourth-order valence-corrected chi connectivity index (χ4v) is 1.83. The van der Waals surface area contributed by atoms with Gasteiger partial charge in [0.1, 0.15) is 0 Å². The predicted molar refractivity (Wildman–Crippen MR) is 53.5 cm³/mol. The van der Waals surface area contributed by atoms with Crippen molar-refractivity contribution in [2.24, 2.45) is 0 Å². The van der Waals surface area contributed by atoms with Gasteiger partial charge in [0, 0.05) is 11.6 Å². The quantitative estimate of drug-likeness (QED) is 0.552. The number of aryl methyl sites for hydroxylation is 1. The molecule has 0 N–H and O–H groups in total. The smallest absolute Gasteiger partial charge is 0.0924 e. The minimum atomic E-state index is 1.01. The molecule has 0 aliphatic carbocycles. The van der Waals surface area contributed by atoms with Crippen LogP contribution in [0.25, 0.3) is 0 Å². The third-order valence-electron chi connectivity index (χ3n) is 1.53. The molecule has 0 radical (unpaired) electrons. The summed E-state index contributed by atoms with van der Waals surface area (Å²) in [7, 11) is 0. The van der Waals surface area contributed by atoms with Gasteiger partial charge in [-0.25, -0.2) is 4.98 Å². The van der Waals surface area contributed by atoms with Crippen LogP contribution in [-0.4, -0.2) is 10.7 Å². The summed E-state index contributed by atoms with van der Waals surface area (Å²) in [5.74, 6) is 1.01. The van der Waals surface area contributed by atoms with Crippen LogP contribution in [0, 0.1) is 0 Å². The van der Waals surface area contributed by atoms with Gasteiger partial charge in [0.15, 0.2) is 0 Å². The van der Waals surface area contributed by atoms with Crippen molar-refractivity contribution in [3.05, 3.63) is 16.6 Å². The molecule has 1 heterocycles. The van der Waals surface area contributed by atoms with Gasteiger partial charge in [-0.1, -0.05) is 6.42 Å². The number of aromatic nitrogens is 1. The van der Waals surface area contributed by atoms with Crippen LogP contribution in [0.1, 0.15) is 24.3 Å². The number of unbranched alkanes of at least 4 members (excludes halogenated alkanes) is 2. The highest BCUT2D eigenvalue weighted by Crippen LogP contribution is 2.09. The number of hydrogen-bond donors (Lipinski definition) is 1. The summed E-state index contributed by atoms with van der Waals surface area (Å²) in [6.07, 6.45) is 6.79. The monoisotopic (exact) mass is 187 g/mol. The van der Waals surface area contributed by atoms with Gasteiger partial charge >= 0.3 is 0 Å². The van der Waals surface area contributed by atoms with Crippen LogP contribution >= 0.6 is 24.0 Å². The molecule has 0 bridgehead atoms. The molecule has 0 aliphatic rings. The normalized spacial score (nSPS) is 10.3. The van der Waals surface area contributed by atoms with E-state index in [1.807, 2.05) is 11.6 Å². The van der Waals surface area contributed by atoms with Gasteiger partial charge in [-0.2, -0.15) is 12.6 Å². The Bertz CT molecular complexity index is 172. The van der Waals surface area contributed by atoms with E-state index in [-0.39, 0.29) is 0 Å². The Labute approximate surface area is 77.3 Å². The summed E-state index contributed by atoms with van der Waals surface area (Å²) < 4.78 is 0. The summed E-state index contributed by atoms with van der Waals surface area (Å²) in [5, 5.41) is 3.30. The second kappa shape index (κ2) is 5.61. The highest BCUT2D eigenvalue weighted by Gasteiger charge is 1.93. The molecule has 11 heavy (non-hydrogen) atoms. The number of hydrogen-bond acceptors (Lipinski definition) is 3. The minimum Gasteiger partial charge on any atom is -0.250 e. The lowest BCUT2D eigenvalue weighted by molar-refractivity contribution is 0.720. The van der Waals surface area contributed by atoms with Gasteiger partial charge in [-0.05, 0) is 25.0 Å². The standard InChI is InChI=1S/C8H13NS2/c10-6-3-1-2-4-8-9-5-7-11-8/h5,7,10H,1-4,6H2. The molecule has 3 heteroatoms. The molecule has 0 aliphatic heterocycles. The van der Waals surface area contributed by atoms with E-state index in [2.05, 4.69) is 17.6 Å². The fraction of sp³-hybridized carbons (Fsp3) is 0.625. The first-order valence-electron chi connectivity index (χ1n) is 3.92. The van der Waals surface area contributed by atoms with Gasteiger partial charge in [0.25, 0.3) is 0 Å². The van der Waals surface area contributed by atoms with E-state index in [1.54, 1.807) is 11.3 Å². The lowest BCUT2D eigenvalue weighted by Crippen LogP contribution is -1.84. The molecule has 0 saturated carbocycles. The van der Waals surface area contributed by atoms with Gasteiger partial charge in [0.05, 0.1) is 5.01 Å². The van der Waals surface area contributed by atoms with E-state index in [9.17, 15) is 0 Å². The van der Waals surface area contributed by atoms with Gasteiger partial charge in [0.2, 0.25) is 0 Å². The Kier molecular flexibility index (Phi) is 4.62. The van der Waals surface area contributed by atoms with E-state index in [1.165, 1.54) is 24.3 Å². The molecule has 0 aromatic carbocycles. The van der Waals surface area contributed by atoms with Gasteiger partial charge in [-0.3, -0.25) is 0 Å². The van der Waals surface area contributed by atoms with Crippen molar-refractivity contribution in [1.29, 1.82) is 0 Å².